The first-order valence-corrected chi connectivity index (χ1v) is 15.5. The number of rotatable bonds is 9. The molecule has 2 saturated heterocycles. The van der Waals surface area contributed by atoms with E-state index in [1.807, 2.05) is 0 Å². The maximum atomic E-state index is 13.8. The predicted molar refractivity (Wildman–Crippen MR) is 172 cm³/mol. The lowest BCUT2D eigenvalue weighted by Gasteiger charge is -2.41. The molecule has 236 valence electrons. The third kappa shape index (κ3) is 6.17. The molecule has 11 heteroatoms. The zero-order valence-electron chi connectivity index (χ0n) is 26.2. The monoisotopic (exact) mass is 613 g/mol. The van der Waals surface area contributed by atoms with Gasteiger partial charge in [-0.25, -0.2) is 11.0 Å². The first kappa shape index (κ1) is 30.7. The topological polar surface area (TPSA) is 78.6 Å². The summed E-state index contributed by atoms with van der Waals surface area (Å²) in [5.74, 6) is -1.00. The van der Waals surface area contributed by atoms with Crippen LogP contribution in [0.4, 0.5) is 15.9 Å². The molecule has 1 aromatic heterocycles. The van der Waals surface area contributed by atoms with E-state index >= 15 is 0 Å². The van der Waals surface area contributed by atoms with Gasteiger partial charge in [0, 0.05) is 48.9 Å². The lowest BCUT2D eigenvalue weighted by Crippen LogP contribution is -2.57. The smallest absolute Gasteiger partial charge is 0.318 e. The minimum Gasteiger partial charge on any atom is -0.462 e. The van der Waals surface area contributed by atoms with E-state index in [4.69, 9.17) is 26.0 Å². The van der Waals surface area contributed by atoms with Gasteiger partial charge < -0.3 is 29.0 Å². The van der Waals surface area contributed by atoms with E-state index in [2.05, 4.69) is 83.4 Å². The summed E-state index contributed by atoms with van der Waals surface area (Å²) in [7, 11) is 2.08. The highest BCUT2D eigenvalue weighted by Crippen LogP contribution is 2.36. The molecular weight excluding hydrogens is 573 g/mol. The Bertz CT molecular complexity index is 1630. The highest BCUT2D eigenvalue weighted by molar-refractivity contribution is 5.97. The molecular formula is C34H40FN7O3. The Morgan fingerprint density at radius 1 is 1.20 bits per heavy atom. The second-order valence-electron chi connectivity index (χ2n) is 12.2. The maximum Gasteiger partial charge on any atom is 0.318 e. The second-order valence-corrected chi connectivity index (χ2v) is 12.2. The average molecular weight is 614 g/mol. The van der Waals surface area contributed by atoms with Crippen LogP contribution in [-0.2, 0) is 22.5 Å². The summed E-state index contributed by atoms with van der Waals surface area (Å²) >= 11 is 0. The molecule has 0 saturated carbocycles. The van der Waals surface area contributed by atoms with Crippen LogP contribution >= 0.6 is 0 Å². The van der Waals surface area contributed by atoms with E-state index in [0.717, 1.165) is 43.3 Å². The third-order valence-corrected chi connectivity index (χ3v) is 9.38. The lowest BCUT2D eigenvalue weighted by molar-refractivity contribution is -0.131. The fraction of sp³-hybridized carbons (Fsp3) is 0.471. The number of likely N-dealkylation sites (N-methyl/N-ethyl adjacent to an activating group) is 1. The van der Waals surface area contributed by atoms with Gasteiger partial charge in [-0.2, -0.15) is 9.97 Å². The molecule has 3 aliphatic heterocycles. The van der Waals surface area contributed by atoms with Crippen molar-refractivity contribution in [2.45, 2.75) is 44.9 Å². The third-order valence-electron chi connectivity index (χ3n) is 9.38. The summed E-state index contributed by atoms with van der Waals surface area (Å²) in [5.41, 5.74) is 4.35. The number of hydrogen-bond acceptors (Lipinski definition) is 8. The van der Waals surface area contributed by atoms with Crippen molar-refractivity contribution in [3.8, 4) is 6.01 Å². The number of carbonyl (C=O) groups excluding carboxylic acids is 1. The number of ether oxygens (including phenoxy) is 2. The summed E-state index contributed by atoms with van der Waals surface area (Å²) in [5, 5.41) is 2.44. The summed E-state index contributed by atoms with van der Waals surface area (Å²) in [6, 6.07) is 13.1. The Morgan fingerprint density at radius 2 is 1.98 bits per heavy atom. The minimum absolute atomic E-state index is 0.0646. The molecule has 3 aliphatic rings. The number of anilines is 2. The molecule has 10 nitrogen and oxygen atoms in total. The molecule has 45 heavy (non-hydrogen) atoms. The van der Waals surface area contributed by atoms with Gasteiger partial charge in [-0.15, -0.1) is 0 Å². The maximum absolute atomic E-state index is 13.8. The van der Waals surface area contributed by atoms with Crippen molar-refractivity contribution in [1.82, 2.24) is 19.8 Å². The van der Waals surface area contributed by atoms with Crippen LogP contribution in [0.1, 0.15) is 23.7 Å². The minimum atomic E-state index is -1.01. The number of fused-ring (bicyclic) bond motifs is 2. The Kier molecular flexibility index (Phi) is 8.88. The highest BCUT2D eigenvalue weighted by Gasteiger charge is 2.36. The van der Waals surface area contributed by atoms with Gasteiger partial charge in [0.15, 0.2) is 5.83 Å². The number of piperazine rings is 1. The molecule has 0 unspecified atom stereocenters. The molecule has 0 spiro atoms. The molecule has 0 radical (unpaired) electrons. The number of hydrogen-bond donors (Lipinski definition) is 0. The average Bonchev–Trinajstić information content (AvgIpc) is 3.01. The largest absolute Gasteiger partial charge is 0.462 e. The van der Waals surface area contributed by atoms with E-state index in [9.17, 15) is 9.18 Å². The van der Waals surface area contributed by atoms with Crippen LogP contribution in [-0.4, -0.2) is 103 Å². The zero-order chi connectivity index (χ0) is 31.7. The fourth-order valence-electron chi connectivity index (χ4n) is 6.55. The molecule has 0 bridgehead atoms. The van der Waals surface area contributed by atoms with Gasteiger partial charge in [-0.1, -0.05) is 36.9 Å². The van der Waals surface area contributed by atoms with Gasteiger partial charge in [0.05, 0.1) is 31.5 Å². The summed E-state index contributed by atoms with van der Waals surface area (Å²) in [6.07, 6.45) is 0.724. The number of amides is 1. The van der Waals surface area contributed by atoms with E-state index in [-0.39, 0.29) is 19.1 Å². The fourth-order valence-corrected chi connectivity index (χ4v) is 6.55. The van der Waals surface area contributed by atoms with Crippen LogP contribution in [0.3, 0.4) is 0 Å². The number of benzene rings is 2. The van der Waals surface area contributed by atoms with Crippen molar-refractivity contribution in [2.24, 2.45) is 0 Å². The van der Waals surface area contributed by atoms with Crippen LogP contribution in [0.15, 0.2) is 48.8 Å². The number of carbonyl (C=O) groups is 1. The Balaban J connectivity index is 1.32. The van der Waals surface area contributed by atoms with Crippen molar-refractivity contribution in [2.75, 3.05) is 69.4 Å². The van der Waals surface area contributed by atoms with Gasteiger partial charge >= 0.3 is 6.01 Å². The Labute approximate surface area is 263 Å². The van der Waals surface area contributed by atoms with Gasteiger partial charge in [-0.3, -0.25) is 9.69 Å². The molecule has 2 aromatic carbocycles. The van der Waals surface area contributed by atoms with Crippen LogP contribution in [0.2, 0.25) is 0 Å². The summed E-state index contributed by atoms with van der Waals surface area (Å²) in [6.45, 7) is 19.3. The highest BCUT2D eigenvalue weighted by atomic mass is 19.1. The van der Waals surface area contributed by atoms with Crippen molar-refractivity contribution in [3.05, 3.63) is 77.0 Å². The molecule has 0 N–H and O–H groups in total. The van der Waals surface area contributed by atoms with Crippen LogP contribution in [0.25, 0.3) is 15.6 Å². The summed E-state index contributed by atoms with van der Waals surface area (Å²) in [4.78, 5) is 34.2. The van der Waals surface area contributed by atoms with Gasteiger partial charge in [0.2, 0.25) is 6.54 Å². The number of halogens is 1. The van der Waals surface area contributed by atoms with Gasteiger partial charge in [0.25, 0.3) is 5.91 Å². The molecule has 2 fully saturated rings. The Hall–Kier alpha value is -4.27. The van der Waals surface area contributed by atoms with E-state index in [1.165, 1.54) is 26.9 Å². The van der Waals surface area contributed by atoms with Gasteiger partial charge in [0.1, 0.15) is 18.5 Å². The SMILES string of the molecule is [C-]#[N+]C[C@H]1CN(c2nc(OC[C@H](C)N(C)C3COC3)nc3c2CCN(c2cccc4cccc(C)c24)C3)CCN1C(=O)C(=C)F. The van der Waals surface area contributed by atoms with Crippen molar-refractivity contribution in [1.29, 1.82) is 0 Å². The van der Waals surface area contributed by atoms with Crippen LogP contribution in [0, 0.1) is 13.5 Å². The Morgan fingerprint density at radius 3 is 2.69 bits per heavy atom. The molecule has 3 aromatic rings. The van der Waals surface area contributed by atoms with Crippen molar-refractivity contribution >= 4 is 28.2 Å². The van der Waals surface area contributed by atoms with E-state index < -0.39 is 17.8 Å². The number of aromatic nitrogens is 2. The van der Waals surface area contributed by atoms with Crippen molar-refractivity contribution < 1.29 is 18.7 Å². The molecule has 0 aliphatic carbocycles. The standard InChI is InChI=1S/C34H40FN7O3/c1-22-8-6-9-25-10-7-11-30(31(22)25)40-13-12-28-29(18-40)37-34(45-19-23(2)39(5)27-20-44-21-27)38-32(28)41-14-15-42(33(43)24(3)35)26(17-41)16-36-4/h6-11,23,26-27H,3,12-21H2,1-2,5H3/t23-,26-/m0/s1. The van der Waals surface area contributed by atoms with E-state index in [1.54, 1.807) is 0 Å². The molecule has 2 atom stereocenters. The molecule has 4 heterocycles. The lowest BCUT2D eigenvalue weighted by atomic mass is 9.99. The zero-order valence-corrected chi connectivity index (χ0v) is 26.2. The van der Waals surface area contributed by atoms with Crippen molar-refractivity contribution in [3.63, 3.8) is 0 Å². The first-order valence-electron chi connectivity index (χ1n) is 15.5. The van der Waals surface area contributed by atoms with Gasteiger partial charge in [-0.05, 0) is 44.3 Å². The predicted octanol–water partition coefficient (Wildman–Crippen LogP) is 4.02. The van der Waals surface area contributed by atoms with Crippen LogP contribution < -0.4 is 14.5 Å². The van der Waals surface area contributed by atoms with E-state index in [0.29, 0.717) is 38.3 Å². The molecule has 1 amide bonds. The second kappa shape index (κ2) is 13.0. The first-order chi connectivity index (χ1) is 21.7. The normalized spacial score (nSPS) is 19.2. The number of nitrogens with zero attached hydrogens (tertiary/aromatic N) is 7. The van der Waals surface area contributed by atoms with Crippen LogP contribution in [0.5, 0.6) is 6.01 Å². The number of aryl methyl sites for hydroxylation is 1. The quantitative estimate of drug-likeness (QED) is 0.265. The summed E-state index contributed by atoms with van der Waals surface area (Å²) < 4.78 is 25.5. The molecule has 6 rings (SSSR count).